The lowest BCUT2D eigenvalue weighted by Gasteiger charge is -2.21. The first-order chi connectivity index (χ1) is 10.1. The SMILES string of the molecule is CNC(c1ccc(F)cc1)c1ccc(OC)c(Br)c1OC. The van der Waals surface area contributed by atoms with Gasteiger partial charge in [-0.2, -0.15) is 0 Å². The van der Waals surface area contributed by atoms with Crippen LogP contribution in [0.4, 0.5) is 4.39 Å². The zero-order valence-corrected chi connectivity index (χ0v) is 13.7. The van der Waals surface area contributed by atoms with Crippen molar-refractivity contribution in [3.8, 4) is 11.5 Å². The summed E-state index contributed by atoms with van der Waals surface area (Å²) in [7, 11) is 5.07. The van der Waals surface area contributed by atoms with Gasteiger partial charge < -0.3 is 14.8 Å². The molecule has 1 unspecified atom stereocenters. The predicted octanol–water partition coefficient (Wildman–Crippen LogP) is 3.91. The lowest BCUT2D eigenvalue weighted by molar-refractivity contribution is 0.383. The van der Waals surface area contributed by atoms with Crippen LogP contribution >= 0.6 is 15.9 Å². The van der Waals surface area contributed by atoms with Gasteiger partial charge in [0.2, 0.25) is 0 Å². The molecule has 0 fully saturated rings. The molecule has 0 aliphatic rings. The quantitative estimate of drug-likeness (QED) is 0.883. The molecule has 2 aromatic carbocycles. The minimum Gasteiger partial charge on any atom is -0.495 e. The van der Waals surface area contributed by atoms with E-state index in [4.69, 9.17) is 9.47 Å². The monoisotopic (exact) mass is 353 g/mol. The molecule has 0 heterocycles. The molecule has 112 valence electrons. The van der Waals surface area contributed by atoms with Crippen LogP contribution < -0.4 is 14.8 Å². The van der Waals surface area contributed by atoms with Crippen LogP contribution in [-0.4, -0.2) is 21.3 Å². The van der Waals surface area contributed by atoms with Gasteiger partial charge in [-0.25, -0.2) is 4.39 Å². The molecule has 0 bridgehead atoms. The zero-order chi connectivity index (χ0) is 15.4. The number of methoxy groups -OCH3 is 2. The average molecular weight is 354 g/mol. The molecule has 0 amide bonds. The highest BCUT2D eigenvalue weighted by Crippen LogP contribution is 2.41. The summed E-state index contributed by atoms with van der Waals surface area (Å²) in [5, 5.41) is 3.23. The maximum atomic E-state index is 13.1. The van der Waals surface area contributed by atoms with Gasteiger partial charge in [0.25, 0.3) is 0 Å². The fourth-order valence-corrected chi connectivity index (χ4v) is 2.99. The van der Waals surface area contributed by atoms with Gasteiger partial charge >= 0.3 is 0 Å². The van der Waals surface area contributed by atoms with E-state index in [2.05, 4.69) is 21.2 Å². The van der Waals surface area contributed by atoms with E-state index in [1.54, 1.807) is 26.4 Å². The molecule has 2 aromatic rings. The molecular formula is C16H17BrFNO2. The second kappa shape index (κ2) is 6.91. The topological polar surface area (TPSA) is 30.5 Å². The van der Waals surface area contributed by atoms with Crippen molar-refractivity contribution in [3.63, 3.8) is 0 Å². The van der Waals surface area contributed by atoms with Gasteiger partial charge in [0.15, 0.2) is 0 Å². The number of nitrogens with one attached hydrogen (secondary N) is 1. The van der Waals surface area contributed by atoms with E-state index in [0.717, 1.165) is 15.6 Å². The van der Waals surface area contributed by atoms with E-state index in [1.165, 1.54) is 12.1 Å². The Balaban J connectivity index is 2.52. The molecule has 5 heteroatoms. The third-order valence-corrected chi connectivity index (χ3v) is 4.07. The van der Waals surface area contributed by atoms with Crippen molar-refractivity contribution in [1.29, 1.82) is 0 Å². The molecule has 0 saturated carbocycles. The second-order valence-corrected chi connectivity index (χ2v) is 5.27. The number of rotatable bonds is 5. The Morgan fingerprint density at radius 1 is 1.05 bits per heavy atom. The van der Waals surface area contributed by atoms with Crippen LogP contribution in [0.2, 0.25) is 0 Å². The van der Waals surface area contributed by atoms with Crippen LogP contribution in [0.25, 0.3) is 0 Å². The van der Waals surface area contributed by atoms with E-state index in [9.17, 15) is 4.39 Å². The molecule has 0 radical (unpaired) electrons. The van der Waals surface area contributed by atoms with E-state index in [0.29, 0.717) is 11.5 Å². The molecule has 0 aliphatic heterocycles. The zero-order valence-electron chi connectivity index (χ0n) is 12.1. The normalized spacial score (nSPS) is 12.0. The van der Waals surface area contributed by atoms with E-state index >= 15 is 0 Å². The number of halogens is 2. The van der Waals surface area contributed by atoms with Crippen molar-refractivity contribution >= 4 is 15.9 Å². The summed E-state index contributed by atoms with van der Waals surface area (Å²) in [6.45, 7) is 0. The Kier molecular flexibility index (Phi) is 5.20. The predicted molar refractivity (Wildman–Crippen MR) is 84.5 cm³/mol. The van der Waals surface area contributed by atoms with Gasteiger partial charge in [0.05, 0.1) is 20.3 Å². The van der Waals surface area contributed by atoms with Crippen molar-refractivity contribution in [2.45, 2.75) is 6.04 Å². The van der Waals surface area contributed by atoms with Gasteiger partial charge in [0, 0.05) is 5.56 Å². The minimum absolute atomic E-state index is 0.109. The smallest absolute Gasteiger partial charge is 0.141 e. The first-order valence-electron chi connectivity index (χ1n) is 6.45. The Bertz CT molecular complexity index is 616. The van der Waals surface area contributed by atoms with Crippen molar-refractivity contribution < 1.29 is 13.9 Å². The van der Waals surface area contributed by atoms with Gasteiger partial charge in [-0.05, 0) is 52.8 Å². The summed E-state index contributed by atoms with van der Waals surface area (Å²) in [4.78, 5) is 0. The maximum Gasteiger partial charge on any atom is 0.141 e. The number of ether oxygens (including phenoxy) is 2. The van der Waals surface area contributed by atoms with Gasteiger partial charge in [-0.15, -0.1) is 0 Å². The molecular weight excluding hydrogens is 337 g/mol. The molecule has 0 aromatic heterocycles. The fraction of sp³-hybridized carbons (Fsp3) is 0.250. The summed E-state index contributed by atoms with van der Waals surface area (Å²) >= 11 is 3.50. The highest BCUT2D eigenvalue weighted by Gasteiger charge is 2.20. The summed E-state index contributed by atoms with van der Waals surface area (Å²) in [6.07, 6.45) is 0. The second-order valence-electron chi connectivity index (χ2n) is 4.48. The number of hydrogen-bond acceptors (Lipinski definition) is 3. The lowest BCUT2D eigenvalue weighted by atomic mass is 9.97. The largest absolute Gasteiger partial charge is 0.495 e. The van der Waals surface area contributed by atoms with Crippen LogP contribution in [0.15, 0.2) is 40.9 Å². The molecule has 3 nitrogen and oxygen atoms in total. The maximum absolute atomic E-state index is 13.1. The molecule has 0 spiro atoms. The molecule has 1 N–H and O–H groups in total. The molecule has 1 atom stereocenters. The summed E-state index contributed by atoms with van der Waals surface area (Å²) in [6, 6.07) is 10.1. The molecule has 21 heavy (non-hydrogen) atoms. The first kappa shape index (κ1) is 15.8. The Morgan fingerprint density at radius 3 is 2.24 bits per heavy atom. The van der Waals surface area contributed by atoms with E-state index in [1.807, 2.05) is 19.2 Å². The average Bonchev–Trinajstić information content (AvgIpc) is 2.50. The van der Waals surface area contributed by atoms with Crippen LogP contribution in [0.5, 0.6) is 11.5 Å². The van der Waals surface area contributed by atoms with Crippen LogP contribution in [0.1, 0.15) is 17.2 Å². The van der Waals surface area contributed by atoms with Gasteiger partial charge in [-0.1, -0.05) is 12.1 Å². The Morgan fingerprint density at radius 2 is 1.71 bits per heavy atom. The van der Waals surface area contributed by atoms with Crippen LogP contribution in [0, 0.1) is 5.82 Å². The number of hydrogen-bond donors (Lipinski definition) is 1. The Labute approximate surface area is 132 Å². The molecule has 0 aliphatic carbocycles. The molecule has 0 saturated heterocycles. The van der Waals surface area contributed by atoms with Gasteiger partial charge in [0.1, 0.15) is 21.8 Å². The van der Waals surface area contributed by atoms with Crippen LogP contribution in [0.3, 0.4) is 0 Å². The lowest BCUT2D eigenvalue weighted by Crippen LogP contribution is -2.18. The van der Waals surface area contributed by atoms with Crippen molar-refractivity contribution in [3.05, 3.63) is 57.8 Å². The first-order valence-corrected chi connectivity index (χ1v) is 7.24. The van der Waals surface area contributed by atoms with E-state index in [-0.39, 0.29) is 11.9 Å². The fourth-order valence-electron chi connectivity index (χ4n) is 2.30. The standard InChI is InChI=1S/C16H17BrFNO2/c1-19-15(10-4-6-11(18)7-5-10)12-8-9-13(20-2)14(17)16(12)21-3/h4-9,15,19H,1-3H3. The summed E-state index contributed by atoms with van der Waals surface area (Å²) in [5.74, 6) is 1.14. The summed E-state index contributed by atoms with van der Waals surface area (Å²) < 4.78 is 24.6. The highest BCUT2D eigenvalue weighted by molar-refractivity contribution is 9.10. The Hall–Kier alpha value is -1.59. The van der Waals surface area contributed by atoms with Crippen molar-refractivity contribution in [2.75, 3.05) is 21.3 Å². The number of benzene rings is 2. The van der Waals surface area contributed by atoms with Crippen molar-refractivity contribution in [1.82, 2.24) is 5.32 Å². The molecule has 2 rings (SSSR count). The summed E-state index contributed by atoms with van der Waals surface area (Å²) in [5.41, 5.74) is 1.90. The minimum atomic E-state index is -0.253. The van der Waals surface area contributed by atoms with E-state index < -0.39 is 0 Å². The van der Waals surface area contributed by atoms with Crippen molar-refractivity contribution in [2.24, 2.45) is 0 Å². The third kappa shape index (κ3) is 3.19. The van der Waals surface area contributed by atoms with Gasteiger partial charge in [-0.3, -0.25) is 0 Å². The third-order valence-electron chi connectivity index (χ3n) is 3.32. The highest BCUT2D eigenvalue weighted by atomic mass is 79.9. The van der Waals surface area contributed by atoms with Crippen LogP contribution in [-0.2, 0) is 0 Å².